The molecule has 0 bridgehead atoms. The molecule has 160 valence electrons. The Morgan fingerprint density at radius 1 is 0.867 bits per heavy atom. The number of esters is 1. The maximum Gasteiger partial charge on any atom is 0.344 e. The number of carbonyl (C=O) groups is 3. The van der Waals surface area contributed by atoms with Gasteiger partial charge in [-0.05, 0) is 62.2 Å². The first-order valence-electron chi connectivity index (χ1n) is 9.53. The fourth-order valence-corrected chi connectivity index (χ4v) is 2.44. The van der Waals surface area contributed by atoms with Gasteiger partial charge < -0.3 is 24.8 Å². The number of anilines is 1. The predicted octanol–water partition coefficient (Wildman–Crippen LogP) is 2.38. The van der Waals surface area contributed by atoms with Crippen molar-refractivity contribution in [2.24, 2.45) is 0 Å². The summed E-state index contributed by atoms with van der Waals surface area (Å²) in [6.07, 6.45) is 0. The van der Waals surface area contributed by atoms with Crippen LogP contribution in [0.15, 0.2) is 42.5 Å². The molecular weight excluding hydrogens is 388 g/mol. The van der Waals surface area contributed by atoms with Crippen molar-refractivity contribution in [2.45, 2.75) is 20.8 Å². The lowest BCUT2D eigenvalue weighted by Crippen LogP contribution is -2.36. The Balaban J connectivity index is 1.65. The zero-order valence-corrected chi connectivity index (χ0v) is 17.3. The SMILES string of the molecule is CCOc1ccc(OCC(=O)OCC(=O)NCC(=O)Nc2cccc(C)c2C)cc1. The molecule has 0 unspecified atom stereocenters. The minimum absolute atomic E-state index is 0.230. The van der Waals surface area contributed by atoms with Crippen molar-refractivity contribution in [1.29, 1.82) is 0 Å². The topological polar surface area (TPSA) is 103 Å². The summed E-state index contributed by atoms with van der Waals surface area (Å²) in [6.45, 7) is 5.22. The fourth-order valence-electron chi connectivity index (χ4n) is 2.44. The monoisotopic (exact) mass is 414 g/mol. The normalized spacial score (nSPS) is 10.1. The fraction of sp³-hybridized carbons (Fsp3) is 0.318. The van der Waals surface area contributed by atoms with E-state index in [1.165, 1.54) is 0 Å². The number of hydrogen-bond donors (Lipinski definition) is 2. The first-order chi connectivity index (χ1) is 14.4. The minimum Gasteiger partial charge on any atom is -0.494 e. The van der Waals surface area contributed by atoms with E-state index in [-0.39, 0.29) is 19.1 Å². The molecule has 0 aliphatic rings. The minimum atomic E-state index is -0.695. The molecule has 0 saturated carbocycles. The number of rotatable bonds is 10. The molecule has 0 heterocycles. The number of benzene rings is 2. The molecule has 2 aromatic carbocycles. The van der Waals surface area contributed by atoms with Crippen LogP contribution >= 0.6 is 0 Å². The van der Waals surface area contributed by atoms with E-state index in [9.17, 15) is 14.4 Å². The molecule has 0 aliphatic heterocycles. The molecule has 0 aromatic heterocycles. The van der Waals surface area contributed by atoms with E-state index in [1.807, 2.05) is 32.9 Å². The average molecular weight is 414 g/mol. The first-order valence-corrected chi connectivity index (χ1v) is 9.53. The van der Waals surface area contributed by atoms with Gasteiger partial charge in [0, 0.05) is 5.69 Å². The van der Waals surface area contributed by atoms with Crippen LogP contribution in [0.2, 0.25) is 0 Å². The van der Waals surface area contributed by atoms with Crippen molar-refractivity contribution in [3.63, 3.8) is 0 Å². The number of hydrogen-bond acceptors (Lipinski definition) is 6. The number of nitrogens with one attached hydrogen (secondary N) is 2. The molecule has 0 saturated heterocycles. The maximum atomic E-state index is 12.0. The summed E-state index contributed by atoms with van der Waals surface area (Å²) in [5.74, 6) is -0.477. The van der Waals surface area contributed by atoms with Gasteiger partial charge in [0.15, 0.2) is 13.2 Å². The molecule has 0 spiro atoms. The summed E-state index contributed by atoms with van der Waals surface area (Å²) in [6, 6.07) is 12.3. The molecule has 2 rings (SSSR count). The second-order valence-electron chi connectivity index (χ2n) is 6.43. The van der Waals surface area contributed by atoms with Crippen LogP contribution < -0.4 is 20.1 Å². The number of amides is 2. The van der Waals surface area contributed by atoms with Crippen LogP contribution in [-0.2, 0) is 19.1 Å². The maximum absolute atomic E-state index is 12.0. The van der Waals surface area contributed by atoms with E-state index >= 15 is 0 Å². The summed E-state index contributed by atoms with van der Waals surface area (Å²) in [5, 5.41) is 5.13. The molecule has 2 amide bonds. The van der Waals surface area contributed by atoms with E-state index in [4.69, 9.17) is 14.2 Å². The van der Waals surface area contributed by atoms with Gasteiger partial charge in [-0.25, -0.2) is 4.79 Å². The highest BCUT2D eigenvalue weighted by Crippen LogP contribution is 2.18. The molecule has 0 aliphatic carbocycles. The van der Waals surface area contributed by atoms with Gasteiger partial charge in [0.1, 0.15) is 11.5 Å². The Kier molecular flexibility index (Phi) is 8.68. The molecule has 0 radical (unpaired) electrons. The summed E-state index contributed by atoms with van der Waals surface area (Å²) in [5.41, 5.74) is 2.70. The number of ether oxygens (including phenoxy) is 3. The lowest BCUT2D eigenvalue weighted by molar-refractivity contribution is -0.150. The highest BCUT2D eigenvalue weighted by molar-refractivity contribution is 5.95. The standard InChI is InChI=1S/C22H26N2O6/c1-4-28-17-8-10-18(11-9-17)29-14-22(27)30-13-21(26)23-12-20(25)24-19-7-5-6-15(2)16(19)3/h5-11H,4,12-14H2,1-3H3,(H,23,26)(H,24,25). The van der Waals surface area contributed by atoms with Crippen LogP contribution in [0.1, 0.15) is 18.1 Å². The van der Waals surface area contributed by atoms with Crippen LogP contribution in [-0.4, -0.2) is 44.1 Å². The molecule has 8 heteroatoms. The van der Waals surface area contributed by atoms with E-state index in [0.717, 1.165) is 11.1 Å². The lowest BCUT2D eigenvalue weighted by Gasteiger charge is -2.11. The second-order valence-corrected chi connectivity index (χ2v) is 6.43. The van der Waals surface area contributed by atoms with Crippen molar-refractivity contribution in [3.8, 4) is 11.5 Å². The van der Waals surface area contributed by atoms with Crippen molar-refractivity contribution in [2.75, 3.05) is 31.7 Å². The van der Waals surface area contributed by atoms with Gasteiger partial charge in [-0.1, -0.05) is 12.1 Å². The van der Waals surface area contributed by atoms with E-state index in [1.54, 1.807) is 30.3 Å². The number of carbonyl (C=O) groups excluding carboxylic acids is 3. The summed E-state index contributed by atoms with van der Waals surface area (Å²) < 4.78 is 15.4. The van der Waals surface area contributed by atoms with Crippen molar-refractivity contribution in [1.82, 2.24) is 5.32 Å². The highest BCUT2D eigenvalue weighted by Gasteiger charge is 2.11. The van der Waals surface area contributed by atoms with Gasteiger partial charge in [0.05, 0.1) is 13.2 Å². The van der Waals surface area contributed by atoms with Crippen LogP contribution in [0.3, 0.4) is 0 Å². The first kappa shape index (κ1) is 22.7. The molecule has 30 heavy (non-hydrogen) atoms. The summed E-state index contributed by atoms with van der Waals surface area (Å²) >= 11 is 0. The Labute approximate surface area is 175 Å². The number of aryl methyl sites for hydroxylation is 1. The third kappa shape index (κ3) is 7.46. The second kappa shape index (κ2) is 11.5. The Morgan fingerprint density at radius 3 is 2.20 bits per heavy atom. The quantitative estimate of drug-likeness (QED) is 0.579. The molecule has 0 fully saturated rings. The molecule has 0 atom stereocenters. The smallest absolute Gasteiger partial charge is 0.344 e. The van der Waals surface area contributed by atoms with Gasteiger partial charge >= 0.3 is 5.97 Å². The van der Waals surface area contributed by atoms with Gasteiger partial charge in [-0.3, -0.25) is 9.59 Å². The van der Waals surface area contributed by atoms with Gasteiger partial charge in [-0.2, -0.15) is 0 Å². The highest BCUT2D eigenvalue weighted by atomic mass is 16.6. The third-order valence-corrected chi connectivity index (χ3v) is 4.18. The van der Waals surface area contributed by atoms with Crippen molar-refractivity contribution < 1.29 is 28.6 Å². The Hall–Kier alpha value is -3.55. The van der Waals surface area contributed by atoms with E-state index < -0.39 is 18.5 Å². The van der Waals surface area contributed by atoms with Gasteiger partial charge in [-0.15, -0.1) is 0 Å². The van der Waals surface area contributed by atoms with E-state index in [0.29, 0.717) is 23.8 Å². The molecule has 2 N–H and O–H groups in total. The van der Waals surface area contributed by atoms with Crippen molar-refractivity contribution in [3.05, 3.63) is 53.6 Å². The van der Waals surface area contributed by atoms with Crippen LogP contribution in [0.5, 0.6) is 11.5 Å². The molecule has 8 nitrogen and oxygen atoms in total. The predicted molar refractivity (Wildman–Crippen MR) is 112 cm³/mol. The van der Waals surface area contributed by atoms with Crippen LogP contribution in [0, 0.1) is 13.8 Å². The average Bonchev–Trinajstić information content (AvgIpc) is 2.73. The zero-order valence-electron chi connectivity index (χ0n) is 17.3. The van der Waals surface area contributed by atoms with Gasteiger partial charge in [0.25, 0.3) is 5.91 Å². The Morgan fingerprint density at radius 2 is 1.53 bits per heavy atom. The largest absolute Gasteiger partial charge is 0.494 e. The summed E-state index contributed by atoms with van der Waals surface area (Å²) in [7, 11) is 0. The van der Waals surface area contributed by atoms with Crippen molar-refractivity contribution >= 4 is 23.5 Å². The van der Waals surface area contributed by atoms with Crippen LogP contribution in [0.4, 0.5) is 5.69 Å². The van der Waals surface area contributed by atoms with Crippen LogP contribution in [0.25, 0.3) is 0 Å². The zero-order chi connectivity index (χ0) is 21.9. The Bertz CT molecular complexity index is 880. The molecule has 2 aromatic rings. The summed E-state index contributed by atoms with van der Waals surface area (Å²) in [4.78, 5) is 35.5. The third-order valence-electron chi connectivity index (χ3n) is 4.18. The van der Waals surface area contributed by atoms with Gasteiger partial charge in [0.2, 0.25) is 5.91 Å². The lowest BCUT2D eigenvalue weighted by atomic mass is 10.1. The molecular formula is C22H26N2O6. The van der Waals surface area contributed by atoms with E-state index in [2.05, 4.69) is 10.6 Å².